The van der Waals surface area contributed by atoms with Crippen molar-refractivity contribution in [1.29, 1.82) is 0 Å². The minimum absolute atomic E-state index is 0. The molecule has 2 aliphatic heterocycles. The Morgan fingerprint density at radius 3 is 2.36 bits per heavy atom. The lowest BCUT2D eigenvalue weighted by atomic mass is 10.1. The number of amides is 1. The van der Waals surface area contributed by atoms with Crippen LogP contribution in [0, 0.1) is 5.92 Å². The largest absolute Gasteiger partial charge is 0.416 e. The Bertz CT molecular complexity index is 572. The molecule has 1 amide bonds. The molecule has 25 heavy (non-hydrogen) atoms. The molecule has 9 heteroatoms. The summed E-state index contributed by atoms with van der Waals surface area (Å²) in [4.78, 5) is 16.1. The van der Waals surface area contributed by atoms with Crippen molar-refractivity contribution in [2.45, 2.75) is 12.6 Å². The van der Waals surface area contributed by atoms with E-state index in [-0.39, 0.29) is 36.6 Å². The molecule has 1 unspecified atom stereocenters. The maximum atomic E-state index is 12.8. The van der Waals surface area contributed by atoms with Gasteiger partial charge in [-0.2, -0.15) is 13.2 Å². The minimum atomic E-state index is -4.33. The van der Waals surface area contributed by atoms with E-state index in [1.54, 1.807) is 6.07 Å². The van der Waals surface area contributed by atoms with E-state index in [1.807, 2.05) is 9.80 Å². The Morgan fingerprint density at radius 1 is 1.12 bits per heavy atom. The van der Waals surface area contributed by atoms with Gasteiger partial charge in [-0.3, -0.25) is 4.79 Å². The molecular formula is C16H22Cl2F3N3O. The zero-order chi connectivity index (χ0) is 16.4. The molecule has 0 radical (unpaired) electrons. The lowest BCUT2D eigenvalue weighted by molar-refractivity contribution is -0.137. The third-order valence-corrected chi connectivity index (χ3v) is 4.54. The molecule has 3 rings (SSSR count). The van der Waals surface area contributed by atoms with E-state index in [2.05, 4.69) is 5.32 Å². The molecule has 4 nitrogen and oxygen atoms in total. The van der Waals surface area contributed by atoms with E-state index >= 15 is 0 Å². The van der Waals surface area contributed by atoms with E-state index in [9.17, 15) is 18.0 Å². The average molecular weight is 400 g/mol. The number of carbonyl (C=O) groups is 1. The second-order valence-electron chi connectivity index (χ2n) is 6.05. The Labute approximate surface area is 157 Å². The third-order valence-electron chi connectivity index (χ3n) is 4.54. The normalized spacial score (nSPS) is 20.7. The molecule has 0 aromatic heterocycles. The molecule has 2 fully saturated rings. The highest BCUT2D eigenvalue weighted by molar-refractivity contribution is 5.85. The van der Waals surface area contributed by atoms with Gasteiger partial charge < -0.3 is 15.1 Å². The Hall–Kier alpha value is -1.18. The number of hydrogen-bond donors (Lipinski definition) is 1. The molecule has 2 saturated heterocycles. The summed E-state index contributed by atoms with van der Waals surface area (Å²) in [5.74, 6) is 0.216. The van der Waals surface area contributed by atoms with Crippen molar-refractivity contribution in [3.05, 3.63) is 29.8 Å². The first-order chi connectivity index (χ1) is 10.9. The van der Waals surface area contributed by atoms with E-state index in [0.29, 0.717) is 31.9 Å². The van der Waals surface area contributed by atoms with Crippen molar-refractivity contribution in [2.24, 2.45) is 5.92 Å². The van der Waals surface area contributed by atoms with Crippen molar-refractivity contribution in [3.63, 3.8) is 0 Å². The van der Waals surface area contributed by atoms with Crippen LogP contribution in [0.5, 0.6) is 0 Å². The van der Waals surface area contributed by atoms with Crippen molar-refractivity contribution < 1.29 is 18.0 Å². The molecule has 2 heterocycles. The van der Waals surface area contributed by atoms with Crippen LogP contribution in [0.3, 0.4) is 0 Å². The van der Waals surface area contributed by atoms with Crippen molar-refractivity contribution >= 4 is 36.4 Å². The lowest BCUT2D eigenvalue weighted by Gasteiger charge is -2.37. The predicted octanol–water partition coefficient (Wildman–Crippen LogP) is 2.81. The highest BCUT2D eigenvalue weighted by atomic mass is 35.5. The fourth-order valence-electron chi connectivity index (χ4n) is 3.19. The van der Waals surface area contributed by atoms with Crippen LogP contribution in [0.2, 0.25) is 0 Å². The van der Waals surface area contributed by atoms with Gasteiger partial charge in [0.25, 0.3) is 0 Å². The smallest absolute Gasteiger partial charge is 0.368 e. The minimum Gasteiger partial charge on any atom is -0.368 e. The number of piperazine rings is 1. The first kappa shape index (κ1) is 21.9. The number of benzene rings is 1. The van der Waals surface area contributed by atoms with Gasteiger partial charge in [-0.25, -0.2) is 0 Å². The third kappa shape index (κ3) is 5.15. The van der Waals surface area contributed by atoms with Crippen LogP contribution < -0.4 is 10.2 Å². The first-order valence-corrected chi connectivity index (χ1v) is 7.87. The molecule has 1 atom stereocenters. The summed E-state index contributed by atoms with van der Waals surface area (Å²) >= 11 is 0. The fourth-order valence-corrected chi connectivity index (χ4v) is 3.19. The van der Waals surface area contributed by atoms with E-state index in [4.69, 9.17) is 0 Å². The van der Waals surface area contributed by atoms with Crippen molar-refractivity contribution in [2.75, 3.05) is 44.2 Å². The SMILES string of the molecule is Cl.Cl.O=C(C1CCNC1)N1CCN(c2cccc(C(F)(F)F)c2)CC1. The Balaban J connectivity index is 0.00000156. The summed E-state index contributed by atoms with van der Waals surface area (Å²) < 4.78 is 38.4. The van der Waals surface area contributed by atoms with Gasteiger partial charge in [-0.05, 0) is 31.2 Å². The van der Waals surface area contributed by atoms with Gasteiger partial charge in [0.2, 0.25) is 5.91 Å². The Morgan fingerprint density at radius 2 is 1.80 bits per heavy atom. The van der Waals surface area contributed by atoms with Gasteiger partial charge >= 0.3 is 6.18 Å². The maximum absolute atomic E-state index is 12.8. The summed E-state index contributed by atoms with van der Waals surface area (Å²) in [6, 6.07) is 5.38. The van der Waals surface area contributed by atoms with E-state index < -0.39 is 11.7 Å². The van der Waals surface area contributed by atoms with Gasteiger partial charge in [0.05, 0.1) is 11.5 Å². The summed E-state index contributed by atoms with van der Waals surface area (Å²) in [5.41, 5.74) is -0.0695. The maximum Gasteiger partial charge on any atom is 0.416 e. The molecule has 1 aromatic rings. The number of nitrogens with one attached hydrogen (secondary N) is 1. The zero-order valence-corrected chi connectivity index (χ0v) is 15.2. The average Bonchev–Trinajstić information content (AvgIpc) is 3.08. The second kappa shape index (κ2) is 8.96. The van der Waals surface area contributed by atoms with Crippen molar-refractivity contribution in [1.82, 2.24) is 10.2 Å². The zero-order valence-electron chi connectivity index (χ0n) is 13.6. The summed E-state index contributed by atoms with van der Waals surface area (Å²) in [6.45, 7) is 3.85. The lowest BCUT2D eigenvalue weighted by Crippen LogP contribution is -2.50. The summed E-state index contributed by atoms with van der Waals surface area (Å²) in [6.07, 6.45) is -3.46. The molecule has 2 aliphatic rings. The molecule has 1 N–H and O–H groups in total. The van der Waals surface area contributed by atoms with Crippen LogP contribution in [-0.2, 0) is 11.0 Å². The van der Waals surface area contributed by atoms with Gasteiger partial charge in [0, 0.05) is 38.4 Å². The number of nitrogens with zero attached hydrogens (tertiary/aromatic N) is 2. The topological polar surface area (TPSA) is 35.6 Å². The second-order valence-corrected chi connectivity index (χ2v) is 6.05. The number of halogens is 5. The molecule has 142 valence electrons. The highest BCUT2D eigenvalue weighted by Crippen LogP contribution is 2.32. The number of anilines is 1. The van der Waals surface area contributed by atoms with Crippen LogP contribution in [0.4, 0.5) is 18.9 Å². The predicted molar refractivity (Wildman–Crippen MR) is 95.7 cm³/mol. The molecule has 1 aromatic carbocycles. The van der Waals surface area contributed by atoms with E-state index in [1.165, 1.54) is 12.1 Å². The molecule has 0 aliphatic carbocycles. The summed E-state index contributed by atoms with van der Waals surface area (Å²) in [7, 11) is 0. The van der Waals surface area contributed by atoms with Gasteiger partial charge in [-0.1, -0.05) is 6.07 Å². The van der Waals surface area contributed by atoms with Crippen molar-refractivity contribution in [3.8, 4) is 0 Å². The van der Waals surface area contributed by atoms with Crippen LogP contribution in [-0.4, -0.2) is 50.1 Å². The van der Waals surface area contributed by atoms with Gasteiger partial charge in [0.15, 0.2) is 0 Å². The molecular weight excluding hydrogens is 378 g/mol. The fraction of sp³-hybridized carbons (Fsp3) is 0.562. The standard InChI is InChI=1S/C16H20F3N3O.2ClH/c17-16(18,19)13-2-1-3-14(10-13)21-6-8-22(9-7-21)15(23)12-4-5-20-11-12;;/h1-3,10,12,20H,4-9,11H2;2*1H. The number of rotatable bonds is 2. The monoisotopic (exact) mass is 399 g/mol. The molecule has 0 spiro atoms. The van der Waals surface area contributed by atoms with E-state index in [0.717, 1.165) is 25.6 Å². The number of carbonyl (C=O) groups excluding carboxylic acids is 1. The first-order valence-electron chi connectivity index (χ1n) is 7.87. The van der Waals surface area contributed by atoms with Gasteiger partial charge in [-0.15, -0.1) is 24.8 Å². The van der Waals surface area contributed by atoms with Gasteiger partial charge in [0.1, 0.15) is 0 Å². The quantitative estimate of drug-likeness (QED) is 0.830. The molecule has 0 saturated carbocycles. The van der Waals surface area contributed by atoms with Crippen LogP contribution in [0.1, 0.15) is 12.0 Å². The molecule has 0 bridgehead atoms. The number of hydrogen-bond acceptors (Lipinski definition) is 3. The van der Waals surface area contributed by atoms with Crippen LogP contribution in [0.25, 0.3) is 0 Å². The summed E-state index contributed by atoms with van der Waals surface area (Å²) in [5, 5.41) is 3.18. The van der Waals surface area contributed by atoms with Crippen LogP contribution >= 0.6 is 24.8 Å². The Kier molecular flexibility index (Phi) is 7.84. The van der Waals surface area contributed by atoms with Crippen LogP contribution in [0.15, 0.2) is 24.3 Å². The number of alkyl halides is 3. The highest BCUT2D eigenvalue weighted by Gasteiger charge is 2.32.